The van der Waals surface area contributed by atoms with Gasteiger partial charge < -0.3 is 31.5 Å². The monoisotopic (exact) mass is 440 g/mol. The van der Waals surface area contributed by atoms with Crippen molar-refractivity contribution in [1.29, 1.82) is 0 Å². The van der Waals surface area contributed by atoms with Gasteiger partial charge in [0.05, 0.1) is 30.9 Å². The van der Waals surface area contributed by atoms with E-state index in [9.17, 15) is 9.90 Å². The fraction of sp³-hybridized carbons (Fsp3) is 0.480. The largest absolute Gasteiger partial charge is 0.496 e. The predicted molar refractivity (Wildman–Crippen MR) is 128 cm³/mol. The van der Waals surface area contributed by atoms with Crippen molar-refractivity contribution in [1.82, 2.24) is 16.0 Å². The van der Waals surface area contributed by atoms with Crippen LogP contribution in [0.2, 0.25) is 0 Å². The number of hydrogen-bond donors (Lipinski definition) is 5. The van der Waals surface area contributed by atoms with E-state index in [1.54, 1.807) is 7.11 Å². The lowest BCUT2D eigenvalue weighted by atomic mass is 9.92. The highest BCUT2D eigenvalue weighted by atomic mass is 16.5. The highest BCUT2D eigenvalue weighted by Gasteiger charge is 2.28. The fourth-order valence-electron chi connectivity index (χ4n) is 4.37. The van der Waals surface area contributed by atoms with Crippen molar-refractivity contribution in [3.05, 3.63) is 64.0 Å². The molecule has 0 spiro atoms. The van der Waals surface area contributed by atoms with Crippen molar-refractivity contribution in [2.75, 3.05) is 20.7 Å². The molecule has 6 N–H and O–H groups in total. The molecular weight excluding hydrogens is 404 g/mol. The van der Waals surface area contributed by atoms with Crippen LogP contribution in [0, 0.1) is 13.8 Å². The minimum absolute atomic E-state index is 0.188. The number of carbonyl (C=O) groups excluding carboxylic acids is 1. The lowest BCUT2D eigenvalue weighted by molar-refractivity contribution is 0.0870. The maximum absolute atomic E-state index is 13.1. The van der Waals surface area contributed by atoms with Gasteiger partial charge in [-0.2, -0.15) is 0 Å². The first-order valence-corrected chi connectivity index (χ1v) is 11.2. The Morgan fingerprint density at radius 1 is 1.34 bits per heavy atom. The van der Waals surface area contributed by atoms with Gasteiger partial charge in [0.2, 0.25) is 0 Å². The van der Waals surface area contributed by atoms with Crippen LogP contribution in [0.15, 0.2) is 41.8 Å². The van der Waals surface area contributed by atoms with E-state index in [0.29, 0.717) is 17.9 Å². The summed E-state index contributed by atoms with van der Waals surface area (Å²) >= 11 is 0. The summed E-state index contributed by atoms with van der Waals surface area (Å²) in [7, 11) is 3.43. The van der Waals surface area contributed by atoms with Crippen molar-refractivity contribution in [3.63, 3.8) is 0 Å². The predicted octanol–water partition coefficient (Wildman–Crippen LogP) is 1.97. The second-order valence-electron chi connectivity index (χ2n) is 8.60. The molecule has 1 saturated carbocycles. The lowest BCUT2D eigenvalue weighted by Crippen LogP contribution is -2.40. The van der Waals surface area contributed by atoms with E-state index in [1.165, 1.54) is 5.57 Å². The van der Waals surface area contributed by atoms with Crippen LogP contribution in [0.5, 0.6) is 5.75 Å². The van der Waals surface area contributed by atoms with Gasteiger partial charge in [-0.1, -0.05) is 6.08 Å². The smallest absolute Gasteiger partial charge is 0.255 e. The third-order valence-corrected chi connectivity index (χ3v) is 6.46. The Morgan fingerprint density at radius 2 is 2.12 bits per heavy atom. The standard InChI is InChI=1S/C25H36N4O3/c1-15-16(2)24(32-4)19(25(31)29-22-6-5-7-23(22)30)13-18(15)12-17-8-9-21(28-14-17)20(26)10-11-27-3/h8-11,13,20,22-23,27-28,30H,5-7,12,14,26H2,1-4H3,(H,29,31)/b11-10-/t20?,22?,23-/m0/s1. The molecule has 1 amide bonds. The van der Waals surface area contributed by atoms with Crippen LogP contribution in [0.4, 0.5) is 0 Å². The van der Waals surface area contributed by atoms with E-state index in [0.717, 1.165) is 48.1 Å². The van der Waals surface area contributed by atoms with Gasteiger partial charge in [0.15, 0.2) is 0 Å². The molecule has 0 radical (unpaired) electrons. The summed E-state index contributed by atoms with van der Waals surface area (Å²) in [4.78, 5) is 13.1. The van der Waals surface area contributed by atoms with Crippen molar-refractivity contribution in [3.8, 4) is 5.75 Å². The molecule has 2 aliphatic rings. The molecule has 1 fully saturated rings. The molecule has 1 aliphatic heterocycles. The summed E-state index contributed by atoms with van der Waals surface area (Å²) < 4.78 is 5.60. The number of carbonyl (C=O) groups is 1. The van der Waals surface area contributed by atoms with Crippen LogP contribution in [-0.4, -0.2) is 49.9 Å². The first-order chi connectivity index (χ1) is 15.3. The van der Waals surface area contributed by atoms with Crippen LogP contribution in [0.3, 0.4) is 0 Å². The molecule has 3 atom stereocenters. The second kappa shape index (κ2) is 10.7. The summed E-state index contributed by atoms with van der Waals surface area (Å²) in [6.07, 6.45) is 10.5. The van der Waals surface area contributed by atoms with Gasteiger partial charge in [0, 0.05) is 19.3 Å². The second-order valence-corrected chi connectivity index (χ2v) is 8.60. The Kier molecular flexibility index (Phi) is 7.99. The SMILES string of the molecule is CN/C=C\C(N)C1=CC=C(Cc2cc(C(=O)NC3CCC[C@@H]3O)c(OC)c(C)c2C)CN1. The number of aliphatic hydroxyl groups is 1. The Labute approximate surface area is 190 Å². The number of methoxy groups -OCH3 is 1. The number of nitrogens with two attached hydrogens (primary N) is 1. The quantitative estimate of drug-likeness (QED) is 0.423. The van der Waals surface area contributed by atoms with Crippen molar-refractivity contribution < 1.29 is 14.6 Å². The van der Waals surface area contributed by atoms with E-state index < -0.39 is 6.10 Å². The van der Waals surface area contributed by atoms with Crippen LogP contribution in [-0.2, 0) is 6.42 Å². The lowest BCUT2D eigenvalue weighted by Gasteiger charge is -2.23. The average Bonchev–Trinajstić information content (AvgIpc) is 3.19. The number of benzene rings is 1. The Morgan fingerprint density at radius 3 is 2.72 bits per heavy atom. The summed E-state index contributed by atoms with van der Waals surface area (Å²) in [5.74, 6) is 0.397. The van der Waals surface area contributed by atoms with Crippen LogP contribution >= 0.6 is 0 Å². The first kappa shape index (κ1) is 23.9. The molecule has 1 heterocycles. The van der Waals surface area contributed by atoms with Gasteiger partial charge in [-0.25, -0.2) is 0 Å². The summed E-state index contributed by atoms with van der Waals surface area (Å²) in [6, 6.07) is 1.54. The number of hydrogen-bond acceptors (Lipinski definition) is 6. The highest BCUT2D eigenvalue weighted by Crippen LogP contribution is 2.31. The molecule has 0 saturated heterocycles. The number of dihydropyridines is 1. The molecule has 2 unspecified atom stereocenters. The maximum atomic E-state index is 13.1. The van der Waals surface area contributed by atoms with E-state index in [4.69, 9.17) is 10.5 Å². The molecule has 0 aromatic heterocycles. The minimum Gasteiger partial charge on any atom is -0.496 e. The normalized spacial score (nSPS) is 21.6. The van der Waals surface area contributed by atoms with E-state index in [-0.39, 0.29) is 18.0 Å². The van der Waals surface area contributed by atoms with E-state index in [1.807, 2.05) is 38.4 Å². The zero-order chi connectivity index (χ0) is 23.3. The first-order valence-electron chi connectivity index (χ1n) is 11.2. The Hall–Kier alpha value is -2.77. The molecule has 1 aromatic carbocycles. The molecule has 0 bridgehead atoms. The zero-order valence-electron chi connectivity index (χ0n) is 19.5. The number of rotatable bonds is 8. The number of ether oxygens (including phenoxy) is 1. The maximum Gasteiger partial charge on any atom is 0.255 e. The number of amides is 1. The molecule has 1 aliphatic carbocycles. The third-order valence-electron chi connectivity index (χ3n) is 6.46. The number of allylic oxidation sites excluding steroid dienone is 2. The fourth-order valence-corrected chi connectivity index (χ4v) is 4.37. The molecule has 7 heteroatoms. The summed E-state index contributed by atoms with van der Waals surface area (Å²) in [5.41, 5.74) is 12.0. The van der Waals surface area contributed by atoms with E-state index >= 15 is 0 Å². The highest BCUT2D eigenvalue weighted by molar-refractivity contribution is 5.98. The van der Waals surface area contributed by atoms with E-state index in [2.05, 4.69) is 29.0 Å². The number of aliphatic hydroxyl groups excluding tert-OH is 1. The zero-order valence-corrected chi connectivity index (χ0v) is 19.5. The molecule has 1 aromatic rings. The topological polar surface area (TPSA) is 109 Å². The van der Waals surface area contributed by atoms with Gasteiger partial charge in [-0.15, -0.1) is 0 Å². The van der Waals surface area contributed by atoms with Gasteiger partial charge in [0.25, 0.3) is 5.91 Å². The van der Waals surface area contributed by atoms with Crippen LogP contribution < -0.4 is 26.4 Å². The van der Waals surface area contributed by atoms with Gasteiger partial charge >= 0.3 is 0 Å². The van der Waals surface area contributed by atoms with Crippen molar-refractivity contribution >= 4 is 5.91 Å². The van der Waals surface area contributed by atoms with Gasteiger partial charge in [-0.3, -0.25) is 4.79 Å². The molecule has 3 rings (SSSR count). The summed E-state index contributed by atoms with van der Waals surface area (Å²) in [6.45, 7) is 4.75. The Bertz CT molecular complexity index is 936. The molecule has 174 valence electrons. The number of nitrogens with one attached hydrogen (secondary N) is 3. The average molecular weight is 441 g/mol. The van der Waals surface area contributed by atoms with Crippen LogP contribution in [0.25, 0.3) is 0 Å². The van der Waals surface area contributed by atoms with Gasteiger partial charge in [-0.05, 0) is 86.2 Å². The third kappa shape index (κ3) is 5.34. The molecule has 32 heavy (non-hydrogen) atoms. The van der Waals surface area contributed by atoms with Crippen molar-refractivity contribution in [2.24, 2.45) is 5.73 Å². The molecular formula is C25H36N4O3. The summed E-state index contributed by atoms with van der Waals surface area (Å²) in [5, 5.41) is 19.5. The van der Waals surface area contributed by atoms with Crippen LogP contribution in [0.1, 0.15) is 46.3 Å². The molecule has 7 nitrogen and oxygen atoms in total. The Balaban J connectivity index is 1.83. The van der Waals surface area contributed by atoms with Crippen molar-refractivity contribution in [2.45, 2.75) is 57.7 Å². The minimum atomic E-state index is -0.482. The van der Waals surface area contributed by atoms with Gasteiger partial charge in [0.1, 0.15) is 5.75 Å².